The molecule has 0 radical (unpaired) electrons. The standard InChI is InChI=1S/C24H36N6/c1-16-13-17(2)21-24(4,14-16)29-22(28-21)20-15-26-23(27-18(20)3)25-10-6-7-19-8-11-30(5)12-9-19/h13-15,19,21H,6-12H2,1-5H3,(H,28,29)(H,25,26,27). The molecule has 1 aromatic rings. The van der Waals surface area contributed by atoms with Crippen LogP contribution in [0.25, 0.3) is 0 Å². The van der Waals surface area contributed by atoms with Gasteiger partial charge in [-0.1, -0.05) is 17.7 Å². The summed E-state index contributed by atoms with van der Waals surface area (Å²) in [5, 5.41) is 7.04. The summed E-state index contributed by atoms with van der Waals surface area (Å²) in [7, 11) is 2.22. The number of nitrogens with zero attached hydrogens (tertiary/aromatic N) is 4. The van der Waals surface area contributed by atoms with Crippen molar-refractivity contribution < 1.29 is 0 Å². The number of aromatic nitrogens is 2. The molecule has 1 aromatic heterocycles. The minimum Gasteiger partial charge on any atom is -0.359 e. The van der Waals surface area contributed by atoms with Gasteiger partial charge in [0.1, 0.15) is 5.84 Å². The monoisotopic (exact) mass is 408 g/mol. The second kappa shape index (κ2) is 8.50. The number of likely N-dealkylation sites (tertiary alicyclic amines) is 1. The first-order valence-electron chi connectivity index (χ1n) is 11.3. The summed E-state index contributed by atoms with van der Waals surface area (Å²) in [6, 6.07) is 0.132. The molecule has 6 nitrogen and oxygen atoms in total. The Balaban J connectivity index is 1.34. The minimum atomic E-state index is -0.171. The third kappa shape index (κ3) is 4.43. The molecule has 0 bridgehead atoms. The summed E-state index contributed by atoms with van der Waals surface area (Å²) >= 11 is 0. The summed E-state index contributed by atoms with van der Waals surface area (Å²) in [5.74, 6) is 2.49. The lowest BCUT2D eigenvalue weighted by atomic mass is 9.82. The highest BCUT2D eigenvalue weighted by molar-refractivity contribution is 6.02. The lowest BCUT2D eigenvalue weighted by Gasteiger charge is -2.32. The van der Waals surface area contributed by atoms with Crippen molar-refractivity contribution in [2.24, 2.45) is 10.9 Å². The first kappa shape index (κ1) is 21.0. The summed E-state index contributed by atoms with van der Waals surface area (Å²) in [6.07, 6.45) is 11.5. The molecule has 2 unspecified atom stereocenters. The Hall–Kier alpha value is -2.21. The number of hydrogen-bond donors (Lipinski definition) is 2. The summed E-state index contributed by atoms with van der Waals surface area (Å²) < 4.78 is 0. The second-order valence-electron chi connectivity index (χ2n) is 9.57. The average Bonchev–Trinajstić information content (AvgIpc) is 3.04. The fourth-order valence-electron chi connectivity index (χ4n) is 5.12. The van der Waals surface area contributed by atoms with Crippen LogP contribution in [0.15, 0.2) is 34.5 Å². The molecule has 0 saturated carbocycles. The van der Waals surface area contributed by atoms with Crippen molar-refractivity contribution in [3.8, 4) is 0 Å². The summed E-state index contributed by atoms with van der Waals surface area (Å²) in [5.41, 5.74) is 4.35. The largest absolute Gasteiger partial charge is 0.359 e. The zero-order valence-corrected chi connectivity index (χ0v) is 19.1. The van der Waals surface area contributed by atoms with Crippen LogP contribution in [-0.4, -0.2) is 59.0 Å². The van der Waals surface area contributed by atoms with Gasteiger partial charge in [0.05, 0.1) is 22.8 Å². The Bertz CT molecular complexity index is 878. The zero-order valence-electron chi connectivity index (χ0n) is 19.1. The van der Waals surface area contributed by atoms with Crippen LogP contribution in [0.5, 0.6) is 0 Å². The van der Waals surface area contributed by atoms with E-state index in [1.165, 1.54) is 49.9 Å². The molecular weight excluding hydrogens is 372 g/mol. The molecule has 1 aliphatic carbocycles. The van der Waals surface area contributed by atoms with Crippen LogP contribution < -0.4 is 10.6 Å². The second-order valence-corrected chi connectivity index (χ2v) is 9.57. The Kier molecular flexibility index (Phi) is 5.96. The van der Waals surface area contributed by atoms with Crippen LogP contribution in [0.3, 0.4) is 0 Å². The number of rotatable bonds is 6. The van der Waals surface area contributed by atoms with E-state index in [-0.39, 0.29) is 11.6 Å². The SMILES string of the molecule is CC1=CC2(C)NC(c3cnc(NCCCC4CCN(C)CC4)nc3C)=NC2C(C)=C1. The highest BCUT2D eigenvalue weighted by Gasteiger charge is 2.41. The van der Waals surface area contributed by atoms with Crippen LogP contribution in [0, 0.1) is 12.8 Å². The van der Waals surface area contributed by atoms with Crippen LogP contribution in [0.2, 0.25) is 0 Å². The van der Waals surface area contributed by atoms with Crippen molar-refractivity contribution in [2.75, 3.05) is 32.0 Å². The molecule has 2 N–H and O–H groups in total. The predicted molar refractivity (Wildman–Crippen MR) is 124 cm³/mol. The fourth-order valence-corrected chi connectivity index (χ4v) is 5.12. The van der Waals surface area contributed by atoms with Crippen molar-refractivity contribution in [3.63, 3.8) is 0 Å². The molecule has 1 fully saturated rings. The van der Waals surface area contributed by atoms with E-state index in [0.717, 1.165) is 29.6 Å². The Morgan fingerprint density at radius 2 is 2.00 bits per heavy atom. The number of aliphatic imine (C=N–C) groups is 1. The van der Waals surface area contributed by atoms with Crippen LogP contribution in [-0.2, 0) is 0 Å². The predicted octanol–water partition coefficient (Wildman–Crippen LogP) is 3.70. The van der Waals surface area contributed by atoms with Gasteiger partial charge in [-0.05, 0) is 85.0 Å². The maximum Gasteiger partial charge on any atom is 0.222 e. The van der Waals surface area contributed by atoms with Gasteiger partial charge in [0, 0.05) is 12.7 Å². The maximum absolute atomic E-state index is 4.98. The first-order valence-corrected chi connectivity index (χ1v) is 11.3. The van der Waals surface area contributed by atoms with Crippen molar-refractivity contribution >= 4 is 11.8 Å². The number of piperidine rings is 1. The van der Waals surface area contributed by atoms with Gasteiger partial charge in [-0.15, -0.1) is 0 Å². The van der Waals surface area contributed by atoms with Gasteiger partial charge in [-0.2, -0.15) is 0 Å². The van der Waals surface area contributed by atoms with Crippen molar-refractivity contribution in [2.45, 2.75) is 65.0 Å². The first-order chi connectivity index (χ1) is 14.3. The van der Waals surface area contributed by atoms with E-state index in [2.05, 4.69) is 60.5 Å². The highest BCUT2D eigenvalue weighted by atomic mass is 15.2. The average molecular weight is 409 g/mol. The fraction of sp³-hybridized carbons (Fsp3) is 0.625. The van der Waals surface area contributed by atoms with Gasteiger partial charge in [0.2, 0.25) is 5.95 Å². The van der Waals surface area contributed by atoms with E-state index < -0.39 is 0 Å². The lowest BCUT2D eigenvalue weighted by Crippen LogP contribution is -2.48. The highest BCUT2D eigenvalue weighted by Crippen LogP contribution is 2.34. The number of amidine groups is 1. The Morgan fingerprint density at radius 1 is 1.23 bits per heavy atom. The topological polar surface area (TPSA) is 65.4 Å². The number of nitrogens with one attached hydrogen (secondary N) is 2. The molecule has 0 spiro atoms. The third-order valence-corrected chi connectivity index (χ3v) is 6.77. The Morgan fingerprint density at radius 3 is 2.73 bits per heavy atom. The molecule has 4 rings (SSSR count). The van der Waals surface area contributed by atoms with Crippen molar-refractivity contribution in [3.05, 3.63) is 40.8 Å². The van der Waals surface area contributed by atoms with Crippen LogP contribution >= 0.6 is 0 Å². The third-order valence-electron chi connectivity index (χ3n) is 6.77. The number of fused-ring (bicyclic) bond motifs is 1. The number of allylic oxidation sites excluding steroid dienone is 2. The summed E-state index contributed by atoms with van der Waals surface area (Å²) in [6.45, 7) is 12.0. The maximum atomic E-state index is 4.98. The van der Waals surface area contributed by atoms with Gasteiger partial charge < -0.3 is 15.5 Å². The van der Waals surface area contributed by atoms with Gasteiger partial charge >= 0.3 is 0 Å². The van der Waals surface area contributed by atoms with Crippen LogP contribution in [0.1, 0.15) is 57.7 Å². The van der Waals surface area contributed by atoms with Gasteiger partial charge in [-0.25, -0.2) is 9.97 Å². The summed E-state index contributed by atoms with van der Waals surface area (Å²) in [4.78, 5) is 16.7. The molecular formula is C24H36N6. The molecule has 1 saturated heterocycles. The van der Waals surface area contributed by atoms with E-state index >= 15 is 0 Å². The number of hydrogen-bond acceptors (Lipinski definition) is 6. The van der Waals surface area contributed by atoms with Crippen LogP contribution in [0.4, 0.5) is 5.95 Å². The molecule has 2 atom stereocenters. The van der Waals surface area contributed by atoms with E-state index in [0.29, 0.717) is 5.95 Å². The molecule has 3 aliphatic rings. The smallest absolute Gasteiger partial charge is 0.222 e. The zero-order chi connectivity index (χ0) is 21.3. The Labute approximate surface area is 181 Å². The van der Waals surface area contributed by atoms with E-state index in [1.807, 2.05) is 13.1 Å². The molecule has 3 heterocycles. The molecule has 0 aromatic carbocycles. The van der Waals surface area contributed by atoms with Crippen molar-refractivity contribution in [1.29, 1.82) is 0 Å². The molecule has 6 heteroatoms. The molecule has 30 heavy (non-hydrogen) atoms. The van der Waals surface area contributed by atoms with Gasteiger partial charge in [0.25, 0.3) is 0 Å². The number of aryl methyl sites for hydroxylation is 1. The lowest BCUT2D eigenvalue weighted by molar-refractivity contribution is 0.211. The quantitative estimate of drug-likeness (QED) is 0.703. The minimum absolute atomic E-state index is 0.132. The normalized spacial score (nSPS) is 27.1. The van der Waals surface area contributed by atoms with Crippen molar-refractivity contribution in [1.82, 2.24) is 20.2 Å². The van der Waals surface area contributed by atoms with Gasteiger partial charge in [-0.3, -0.25) is 4.99 Å². The number of anilines is 1. The van der Waals surface area contributed by atoms with E-state index in [1.54, 1.807) is 0 Å². The van der Waals surface area contributed by atoms with E-state index in [4.69, 9.17) is 9.98 Å². The van der Waals surface area contributed by atoms with Gasteiger partial charge in [0.15, 0.2) is 0 Å². The molecule has 2 aliphatic heterocycles. The van der Waals surface area contributed by atoms with E-state index in [9.17, 15) is 0 Å². The molecule has 0 amide bonds. The molecule has 162 valence electrons.